The molecule has 10 heteroatoms. The van der Waals surface area contributed by atoms with Gasteiger partial charge in [0.1, 0.15) is 6.61 Å². The topological polar surface area (TPSA) is 111 Å². The van der Waals surface area contributed by atoms with Crippen molar-refractivity contribution in [1.82, 2.24) is 19.7 Å². The van der Waals surface area contributed by atoms with Crippen molar-refractivity contribution in [3.63, 3.8) is 0 Å². The standard InChI is InChI=1S/C21H26N6O3S/c1-13(2)8-16-12-30-19-10-18(20-14(3)11-22-27(20)4)24-21(25-19)26-31(28,29)17-7-5-6-15(9-17)23-16/h5-7,9-11,13,16,23H,8,12H2,1-4H3,(H,24,25,26)/t16-/m1/s1. The highest BCUT2D eigenvalue weighted by Crippen LogP contribution is 2.27. The van der Waals surface area contributed by atoms with Crippen molar-refractivity contribution >= 4 is 21.7 Å². The van der Waals surface area contributed by atoms with Crippen molar-refractivity contribution in [3.05, 3.63) is 42.1 Å². The van der Waals surface area contributed by atoms with Gasteiger partial charge in [-0.3, -0.25) is 4.68 Å². The number of anilines is 2. The Hall–Kier alpha value is -3.14. The normalized spacial score (nSPS) is 17.6. The maximum Gasteiger partial charge on any atom is 0.264 e. The van der Waals surface area contributed by atoms with Crippen LogP contribution in [0.1, 0.15) is 25.8 Å². The third-order valence-electron chi connectivity index (χ3n) is 5.00. The predicted molar refractivity (Wildman–Crippen MR) is 119 cm³/mol. The van der Waals surface area contributed by atoms with Crippen LogP contribution in [-0.2, 0) is 17.1 Å². The summed E-state index contributed by atoms with van der Waals surface area (Å²) in [5, 5.41) is 7.65. The van der Waals surface area contributed by atoms with Gasteiger partial charge in [0.25, 0.3) is 10.0 Å². The van der Waals surface area contributed by atoms with Crippen molar-refractivity contribution in [1.29, 1.82) is 0 Å². The Morgan fingerprint density at radius 2 is 2.06 bits per heavy atom. The molecule has 1 atom stereocenters. The molecule has 0 radical (unpaired) electrons. The lowest BCUT2D eigenvalue weighted by atomic mass is 10.0. The minimum atomic E-state index is -3.89. The Morgan fingerprint density at radius 3 is 2.77 bits per heavy atom. The SMILES string of the molecule is Cc1cnn(C)c1-c1cc2nc(n1)NS(=O)(=O)c1cccc(c1)N[C@H](CC(C)C)CO2. The monoisotopic (exact) mass is 442 g/mol. The summed E-state index contributed by atoms with van der Waals surface area (Å²) < 4.78 is 36.2. The van der Waals surface area contributed by atoms with Gasteiger partial charge in [0.2, 0.25) is 11.8 Å². The summed E-state index contributed by atoms with van der Waals surface area (Å²) >= 11 is 0. The Kier molecular flexibility index (Phi) is 5.57. The van der Waals surface area contributed by atoms with E-state index in [0.29, 0.717) is 29.8 Å². The molecule has 0 spiro atoms. The van der Waals surface area contributed by atoms with Gasteiger partial charge in [0.15, 0.2) is 0 Å². The van der Waals surface area contributed by atoms with Crippen molar-refractivity contribution in [2.45, 2.75) is 38.1 Å². The molecular weight excluding hydrogens is 416 g/mol. The zero-order valence-corrected chi connectivity index (χ0v) is 18.8. The van der Waals surface area contributed by atoms with Gasteiger partial charge in [-0.05, 0) is 43.0 Å². The van der Waals surface area contributed by atoms with Gasteiger partial charge in [0, 0.05) is 18.8 Å². The average molecular weight is 443 g/mol. The second-order valence-electron chi connectivity index (χ2n) is 8.13. The molecule has 0 unspecified atom stereocenters. The van der Waals surface area contributed by atoms with E-state index < -0.39 is 10.0 Å². The molecule has 4 rings (SSSR count). The predicted octanol–water partition coefficient (Wildman–Crippen LogP) is 3.21. The second-order valence-corrected chi connectivity index (χ2v) is 9.81. The van der Waals surface area contributed by atoms with Gasteiger partial charge in [-0.2, -0.15) is 10.1 Å². The largest absolute Gasteiger partial charge is 0.475 e. The first-order chi connectivity index (χ1) is 14.7. The van der Waals surface area contributed by atoms with Crippen molar-refractivity contribution < 1.29 is 13.2 Å². The molecule has 2 N–H and O–H groups in total. The maximum atomic E-state index is 13.0. The first kappa shape index (κ1) is 21.1. The zero-order valence-electron chi connectivity index (χ0n) is 18.0. The molecule has 0 aliphatic carbocycles. The highest BCUT2D eigenvalue weighted by Gasteiger charge is 2.22. The highest BCUT2D eigenvalue weighted by molar-refractivity contribution is 7.92. The number of fused-ring (bicyclic) bond motifs is 4. The number of nitrogens with zero attached hydrogens (tertiary/aromatic N) is 4. The van der Waals surface area contributed by atoms with Gasteiger partial charge in [-0.25, -0.2) is 18.1 Å². The number of aryl methyl sites for hydroxylation is 2. The fourth-order valence-corrected chi connectivity index (χ4v) is 4.66. The first-order valence-corrected chi connectivity index (χ1v) is 11.6. The van der Waals surface area contributed by atoms with E-state index in [1.54, 1.807) is 42.2 Å². The van der Waals surface area contributed by atoms with Crippen molar-refractivity contribution in [3.8, 4) is 17.3 Å². The summed E-state index contributed by atoms with van der Waals surface area (Å²) in [5.41, 5.74) is 2.92. The molecule has 31 heavy (non-hydrogen) atoms. The van der Waals surface area contributed by atoms with Crippen LogP contribution in [0.25, 0.3) is 11.4 Å². The van der Waals surface area contributed by atoms with Crippen LogP contribution in [-0.4, -0.2) is 40.8 Å². The van der Waals surface area contributed by atoms with Crippen LogP contribution in [0.15, 0.2) is 41.4 Å². The van der Waals surface area contributed by atoms with Crippen LogP contribution < -0.4 is 14.8 Å². The number of aromatic nitrogens is 4. The van der Waals surface area contributed by atoms with Crippen LogP contribution >= 0.6 is 0 Å². The van der Waals surface area contributed by atoms with Gasteiger partial charge in [0.05, 0.1) is 28.5 Å². The number of ether oxygens (including phenoxy) is 1. The fourth-order valence-electron chi connectivity index (χ4n) is 3.67. The molecule has 164 valence electrons. The third kappa shape index (κ3) is 4.63. The quantitative estimate of drug-likeness (QED) is 0.641. The number of hydrogen-bond acceptors (Lipinski definition) is 7. The van der Waals surface area contributed by atoms with Gasteiger partial charge >= 0.3 is 0 Å². The summed E-state index contributed by atoms with van der Waals surface area (Å²) in [5.74, 6) is 0.673. The lowest BCUT2D eigenvalue weighted by Crippen LogP contribution is -2.29. The maximum absolute atomic E-state index is 13.0. The van der Waals surface area contributed by atoms with E-state index in [0.717, 1.165) is 17.7 Å². The number of benzene rings is 1. The smallest absolute Gasteiger partial charge is 0.264 e. The van der Waals surface area contributed by atoms with Gasteiger partial charge < -0.3 is 10.1 Å². The van der Waals surface area contributed by atoms with Crippen LogP contribution in [0.3, 0.4) is 0 Å². The van der Waals surface area contributed by atoms with Gasteiger partial charge in [-0.15, -0.1) is 0 Å². The number of sulfonamides is 1. The molecule has 0 amide bonds. The van der Waals surface area contributed by atoms with Crippen LogP contribution in [0.5, 0.6) is 5.88 Å². The van der Waals surface area contributed by atoms with E-state index in [-0.39, 0.29) is 16.9 Å². The molecule has 3 heterocycles. The summed E-state index contributed by atoms with van der Waals surface area (Å²) in [6, 6.07) is 8.38. The summed E-state index contributed by atoms with van der Waals surface area (Å²) in [6.07, 6.45) is 2.58. The number of nitrogens with one attached hydrogen (secondary N) is 2. The Bertz CT molecular complexity index is 1190. The fraction of sp³-hybridized carbons (Fsp3) is 0.381. The zero-order chi connectivity index (χ0) is 22.2. The lowest BCUT2D eigenvalue weighted by Gasteiger charge is -2.23. The van der Waals surface area contributed by atoms with Crippen molar-refractivity contribution in [2.75, 3.05) is 16.6 Å². The van der Waals surface area contributed by atoms with E-state index in [1.807, 2.05) is 13.0 Å². The van der Waals surface area contributed by atoms with Crippen LogP contribution in [0.2, 0.25) is 0 Å². The molecule has 9 nitrogen and oxygen atoms in total. The van der Waals surface area contributed by atoms with E-state index in [2.05, 4.69) is 39.0 Å². The van der Waals surface area contributed by atoms with E-state index in [9.17, 15) is 8.42 Å². The summed E-state index contributed by atoms with van der Waals surface area (Å²) in [4.78, 5) is 8.88. The molecule has 2 aromatic heterocycles. The number of hydrogen-bond donors (Lipinski definition) is 2. The Balaban J connectivity index is 1.83. The lowest BCUT2D eigenvalue weighted by molar-refractivity contribution is 0.271. The summed E-state index contributed by atoms with van der Waals surface area (Å²) in [7, 11) is -2.08. The minimum absolute atomic E-state index is 0.0226. The second kappa shape index (κ2) is 8.18. The van der Waals surface area contributed by atoms with E-state index in [1.165, 1.54) is 0 Å². The van der Waals surface area contributed by atoms with Crippen molar-refractivity contribution in [2.24, 2.45) is 13.0 Å². The highest BCUT2D eigenvalue weighted by atomic mass is 32.2. The molecule has 0 saturated carbocycles. The Labute approximate surface area is 181 Å². The molecule has 1 aliphatic rings. The minimum Gasteiger partial charge on any atom is -0.475 e. The third-order valence-corrected chi connectivity index (χ3v) is 6.32. The van der Waals surface area contributed by atoms with Crippen LogP contribution in [0.4, 0.5) is 11.6 Å². The molecule has 3 aromatic rings. The number of rotatable bonds is 3. The van der Waals surface area contributed by atoms with E-state index >= 15 is 0 Å². The van der Waals surface area contributed by atoms with Gasteiger partial charge in [-0.1, -0.05) is 19.9 Å². The average Bonchev–Trinajstić information content (AvgIpc) is 3.03. The molecule has 4 bridgehead atoms. The van der Waals surface area contributed by atoms with E-state index in [4.69, 9.17) is 4.74 Å². The molecule has 0 saturated heterocycles. The molecule has 1 aromatic carbocycles. The summed E-state index contributed by atoms with van der Waals surface area (Å²) in [6.45, 7) is 6.56. The molecular formula is C21H26N6O3S. The molecule has 0 fully saturated rings. The van der Waals surface area contributed by atoms with Crippen LogP contribution in [0, 0.1) is 12.8 Å². The molecule has 1 aliphatic heterocycles. The first-order valence-electron chi connectivity index (χ1n) is 10.1. The Morgan fingerprint density at radius 1 is 1.26 bits per heavy atom.